The molecule has 1 heterocycles. The lowest BCUT2D eigenvalue weighted by atomic mass is 10.1. The number of aryl methyl sites for hydroxylation is 2. The van der Waals surface area contributed by atoms with E-state index >= 15 is 0 Å². The molecule has 0 bridgehead atoms. The summed E-state index contributed by atoms with van der Waals surface area (Å²) in [4.78, 5) is 5.72. The van der Waals surface area contributed by atoms with Crippen molar-refractivity contribution in [3.8, 4) is 0 Å². The molecule has 1 atom stereocenters. The van der Waals surface area contributed by atoms with Crippen LogP contribution in [0.3, 0.4) is 0 Å². The minimum atomic E-state index is -0.186. The maximum absolute atomic E-state index is 13.9. The second-order valence-corrected chi connectivity index (χ2v) is 5.44. The third-order valence-corrected chi connectivity index (χ3v) is 4.05. The molecule has 1 N–H and O–H groups in total. The molecule has 2 nitrogen and oxygen atoms in total. The first-order chi connectivity index (χ1) is 8.63. The van der Waals surface area contributed by atoms with Gasteiger partial charge in [0, 0.05) is 10.4 Å². The van der Waals surface area contributed by atoms with Crippen LogP contribution in [0.5, 0.6) is 0 Å². The Morgan fingerprint density at radius 1 is 1.33 bits per heavy atom. The third kappa shape index (κ3) is 2.60. The van der Waals surface area contributed by atoms with Crippen LogP contribution in [0, 0.1) is 19.7 Å². The molecular formula is C14H17FN2S. The number of hydrogen-bond acceptors (Lipinski definition) is 3. The van der Waals surface area contributed by atoms with Crippen LogP contribution >= 0.6 is 11.3 Å². The van der Waals surface area contributed by atoms with Crippen LogP contribution in [0.25, 0.3) is 0 Å². The largest absolute Gasteiger partial charge is 0.304 e. The van der Waals surface area contributed by atoms with Gasteiger partial charge in [-0.05, 0) is 26.5 Å². The van der Waals surface area contributed by atoms with Crippen molar-refractivity contribution in [3.63, 3.8) is 0 Å². The van der Waals surface area contributed by atoms with Crippen molar-refractivity contribution >= 4 is 11.3 Å². The average Bonchev–Trinajstić information content (AvgIpc) is 2.68. The van der Waals surface area contributed by atoms with Crippen LogP contribution in [-0.2, 0) is 0 Å². The SMILES string of the molecule is CCNC(c1nc(C)c(C)s1)c1ccccc1F. The highest BCUT2D eigenvalue weighted by Gasteiger charge is 2.20. The Bertz CT molecular complexity index is 517. The number of aromatic nitrogens is 1. The van der Waals surface area contributed by atoms with E-state index in [1.54, 1.807) is 17.4 Å². The zero-order valence-electron chi connectivity index (χ0n) is 10.8. The fourth-order valence-electron chi connectivity index (χ4n) is 1.86. The summed E-state index contributed by atoms with van der Waals surface area (Å²) in [6.45, 7) is 6.82. The van der Waals surface area contributed by atoms with Crippen LogP contribution < -0.4 is 5.32 Å². The molecule has 0 aliphatic rings. The van der Waals surface area contributed by atoms with Gasteiger partial charge in [-0.25, -0.2) is 9.37 Å². The second-order valence-electron chi connectivity index (χ2n) is 4.21. The highest BCUT2D eigenvalue weighted by molar-refractivity contribution is 7.11. The standard InChI is InChI=1S/C14H17FN2S/c1-4-16-13(11-7-5-6-8-12(11)15)14-17-9(2)10(3)18-14/h5-8,13,16H,4H2,1-3H3. The van der Waals surface area contributed by atoms with E-state index in [1.165, 1.54) is 10.9 Å². The normalized spacial score (nSPS) is 12.7. The predicted octanol–water partition coefficient (Wildman–Crippen LogP) is 3.60. The highest BCUT2D eigenvalue weighted by atomic mass is 32.1. The monoisotopic (exact) mass is 264 g/mol. The second kappa shape index (κ2) is 5.59. The predicted molar refractivity (Wildman–Crippen MR) is 73.5 cm³/mol. The van der Waals surface area contributed by atoms with Gasteiger partial charge in [-0.3, -0.25) is 0 Å². The van der Waals surface area contributed by atoms with Gasteiger partial charge in [0.15, 0.2) is 0 Å². The van der Waals surface area contributed by atoms with Crippen LogP contribution in [-0.4, -0.2) is 11.5 Å². The van der Waals surface area contributed by atoms with E-state index in [1.807, 2.05) is 32.9 Å². The summed E-state index contributed by atoms with van der Waals surface area (Å²) < 4.78 is 13.9. The molecule has 1 aromatic heterocycles. The summed E-state index contributed by atoms with van der Waals surface area (Å²) in [5.74, 6) is -0.186. The van der Waals surface area contributed by atoms with Gasteiger partial charge in [0.05, 0.1) is 11.7 Å². The van der Waals surface area contributed by atoms with Crippen molar-refractivity contribution in [3.05, 3.63) is 51.2 Å². The molecule has 1 aromatic carbocycles. The molecule has 0 amide bonds. The molecule has 96 valence electrons. The Morgan fingerprint density at radius 3 is 2.61 bits per heavy atom. The van der Waals surface area contributed by atoms with E-state index in [0.717, 1.165) is 17.2 Å². The molecule has 4 heteroatoms. The summed E-state index contributed by atoms with van der Waals surface area (Å²) in [5.41, 5.74) is 1.68. The van der Waals surface area contributed by atoms with Crippen LogP contribution in [0.1, 0.15) is 34.1 Å². The van der Waals surface area contributed by atoms with E-state index in [2.05, 4.69) is 10.3 Å². The first-order valence-electron chi connectivity index (χ1n) is 6.05. The molecule has 0 spiro atoms. The van der Waals surface area contributed by atoms with Gasteiger partial charge in [-0.1, -0.05) is 25.1 Å². The number of thiazole rings is 1. The fourth-order valence-corrected chi connectivity index (χ4v) is 2.88. The van der Waals surface area contributed by atoms with Crippen LogP contribution in [0.15, 0.2) is 24.3 Å². The smallest absolute Gasteiger partial charge is 0.128 e. The summed E-state index contributed by atoms with van der Waals surface area (Å²) >= 11 is 1.63. The molecule has 0 aliphatic heterocycles. The third-order valence-electron chi connectivity index (χ3n) is 2.92. The van der Waals surface area contributed by atoms with Gasteiger partial charge in [-0.2, -0.15) is 0 Å². The Morgan fingerprint density at radius 2 is 2.06 bits per heavy atom. The van der Waals surface area contributed by atoms with Crippen molar-refractivity contribution in [2.24, 2.45) is 0 Å². The van der Waals surface area contributed by atoms with Gasteiger partial charge >= 0.3 is 0 Å². The molecule has 1 unspecified atom stereocenters. The molecule has 0 saturated heterocycles. The molecule has 0 saturated carbocycles. The summed E-state index contributed by atoms with van der Waals surface area (Å²) in [6, 6.07) is 6.71. The van der Waals surface area contributed by atoms with Gasteiger partial charge in [0.1, 0.15) is 10.8 Å². The maximum atomic E-state index is 13.9. The number of hydrogen-bond donors (Lipinski definition) is 1. The molecule has 0 fully saturated rings. The highest BCUT2D eigenvalue weighted by Crippen LogP contribution is 2.29. The van der Waals surface area contributed by atoms with E-state index in [9.17, 15) is 4.39 Å². The van der Waals surface area contributed by atoms with Gasteiger partial charge < -0.3 is 5.32 Å². The Balaban J connectivity index is 2.43. The molecular weight excluding hydrogens is 247 g/mol. The quantitative estimate of drug-likeness (QED) is 0.912. The van der Waals surface area contributed by atoms with Crippen LogP contribution in [0.4, 0.5) is 4.39 Å². The Kier molecular flexibility index (Phi) is 4.09. The summed E-state index contributed by atoms with van der Waals surface area (Å²) in [5, 5.41) is 4.23. The molecule has 18 heavy (non-hydrogen) atoms. The van der Waals surface area contributed by atoms with E-state index in [-0.39, 0.29) is 11.9 Å². The molecule has 2 aromatic rings. The van der Waals surface area contributed by atoms with Crippen molar-refractivity contribution in [1.82, 2.24) is 10.3 Å². The van der Waals surface area contributed by atoms with E-state index < -0.39 is 0 Å². The summed E-state index contributed by atoms with van der Waals surface area (Å²) in [7, 11) is 0. The molecule has 0 radical (unpaired) electrons. The van der Waals surface area contributed by atoms with Crippen molar-refractivity contribution in [1.29, 1.82) is 0 Å². The van der Waals surface area contributed by atoms with E-state index in [4.69, 9.17) is 0 Å². The molecule has 0 aliphatic carbocycles. The average molecular weight is 264 g/mol. The lowest BCUT2D eigenvalue weighted by molar-refractivity contribution is 0.557. The first kappa shape index (κ1) is 13.2. The minimum Gasteiger partial charge on any atom is -0.304 e. The molecule has 2 rings (SSSR count). The number of nitrogens with one attached hydrogen (secondary N) is 1. The van der Waals surface area contributed by atoms with Gasteiger partial charge in [-0.15, -0.1) is 11.3 Å². The van der Waals surface area contributed by atoms with Gasteiger partial charge in [0.2, 0.25) is 0 Å². The zero-order valence-corrected chi connectivity index (χ0v) is 11.6. The number of benzene rings is 1. The number of halogens is 1. The lowest BCUT2D eigenvalue weighted by Crippen LogP contribution is -2.22. The number of rotatable bonds is 4. The Hall–Kier alpha value is -1.26. The Labute approximate surface area is 111 Å². The fraction of sp³-hybridized carbons (Fsp3) is 0.357. The maximum Gasteiger partial charge on any atom is 0.128 e. The minimum absolute atomic E-state index is 0.159. The lowest BCUT2D eigenvalue weighted by Gasteiger charge is -2.16. The van der Waals surface area contributed by atoms with Gasteiger partial charge in [0.25, 0.3) is 0 Å². The first-order valence-corrected chi connectivity index (χ1v) is 6.86. The van der Waals surface area contributed by atoms with Crippen molar-refractivity contribution in [2.45, 2.75) is 26.8 Å². The van der Waals surface area contributed by atoms with Crippen molar-refractivity contribution < 1.29 is 4.39 Å². The topological polar surface area (TPSA) is 24.9 Å². The zero-order chi connectivity index (χ0) is 13.1. The number of nitrogens with zero attached hydrogens (tertiary/aromatic N) is 1. The summed E-state index contributed by atoms with van der Waals surface area (Å²) in [6.07, 6.45) is 0. The van der Waals surface area contributed by atoms with E-state index in [0.29, 0.717) is 5.56 Å². The van der Waals surface area contributed by atoms with Crippen molar-refractivity contribution in [2.75, 3.05) is 6.54 Å². The van der Waals surface area contributed by atoms with Crippen LogP contribution in [0.2, 0.25) is 0 Å².